The van der Waals surface area contributed by atoms with Crippen molar-refractivity contribution in [3.05, 3.63) is 12.7 Å². The van der Waals surface area contributed by atoms with Gasteiger partial charge < -0.3 is 16.0 Å². The molecular weight excluding hydrogens is 238 g/mol. The Balaban J connectivity index is 2.18. The third-order valence-electron chi connectivity index (χ3n) is 3.70. The number of hydrogen-bond donors (Lipinski definition) is 2. The highest BCUT2D eigenvalue weighted by molar-refractivity contribution is 5.78. The van der Waals surface area contributed by atoms with Gasteiger partial charge in [-0.15, -0.1) is 6.58 Å². The summed E-state index contributed by atoms with van der Waals surface area (Å²) in [4.78, 5) is 14.3. The fourth-order valence-corrected chi connectivity index (χ4v) is 2.61. The van der Waals surface area contributed by atoms with Crippen LogP contribution in [0.3, 0.4) is 0 Å². The van der Waals surface area contributed by atoms with Gasteiger partial charge in [-0.05, 0) is 45.2 Å². The first-order valence-electron chi connectivity index (χ1n) is 7.59. The molecule has 1 saturated heterocycles. The zero-order valence-corrected chi connectivity index (χ0v) is 12.1. The predicted molar refractivity (Wildman–Crippen MR) is 79.9 cm³/mol. The zero-order valence-electron chi connectivity index (χ0n) is 12.1. The van der Waals surface area contributed by atoms with E-state index in [1.165, 1.54) is 19.3 Å². The summed E-state index contributed by atoms with van der Waals surface area (Å²) in [7, 11) is 0. The van der Waals surface area contributed by atoms with Crippen molar-refractivity contribution in [2.24, 2.45) is 11.7 Å². The summed E-state index contributed by atoms with van der Waals surface area (Å²) in [6.07, 6.45) is 8.97. The molecule has 1 aliphatic heterocycles. The first kappa shape index (κ1) is 16.2. The standard InChI is InChI=1S/C15H29N3O/c1-2-3-4-5-6-11-18-12-7-8-14(13-18)15(19)17-10-9-16/h2,14H,1,3-13,16H2,(H,17,19). The number of nitrogens with two attached hydrogens (primary N) is 1. The van der Waals surface area contributed by atoms with Gasteiger partial charge in [0.2, 0.25) is 5.91 Å². The van der Waals surface area contributed by atoms with Gasteiger partial charge in [0.15, 0.2) is 0 Å². The fraction of sp³-hybridized carbons (Fsp3) is 0.800. The first-order chi connectivity index (χ1) is 9.27. The van der Waals surface area contributed by atoms with Crippen LogP contribution < -0.4 is 11.1 Å². The molecule has 4 heteroatoms. The lowest BCUT2D eigenvalue weighted by atomic mass is 9.97. The molecule has 1 atom stereocenters. The summed E-state index contributed by atoms with van der Waals surface area (Å²) in [5.41, 5.74) is 5.41. The Morgan fingerprint density at radius 3 is 3.00 bits per heavy atom. The Kier molecular flexibility index (Phi) is 8.50. The molecule has 1 fully saturated rings. The molecule has 0 aromatic heterocycles. The van der Waals surface area contributed by atoms with Crippen molar-refractivity contribution in [1.29, 1.82) is 0 Å². The third kappa shape index (κ3) is 6.73. The fourth-order valence-electron chi connectivity index (χ4n) is 2.61. The van der Waals surface area contributed by atoms with Crippen LogP contribution in [0.4, 0.5) is 0 Å². The van der Waals surface area contributed by atoms with Gasteiger partial charge in [-0.3, -0.25) is 4.79 Å². The monoisotopic (exact) mass is 267 g/mol. The van der Waals surface area contributed by atoms with Crippen molar-refractivity contribution in [3.8, 4) is 0 Å². The smallest absolute Gasteiger partial charge is 0.224 e. The van der Waals surface area contributed by atoms with Gasteiger partial charge in [-0.1, -0.05) is 12.5 Å². The van der Waals surface area contributed by atoms with Crippen molar-refractivity contribution in [3.63, 3.8) is 0 Å². The zero-order chi connectivity index (χ0) is 13.9. The maximum absolute atomic E-state index is 11.9. The molecule has 0 aromatic rings. The molecule has 19 heavy (non-hydrogen) atoms. The number of hydrogen-bond acceptors (Lipinski definition) is 3. The van der Waals surface area contributed by atoms with Crippen LogP contribution in [0.2, 0.25) is 0 Å². The highest BCUT2D eigenvalue weighted by Crippen LogP contribution is 2.17. The number of nitrogens with one attached hydrogen (secondary N) is 1. The second-order valence-electron chi connectivity index (χ2n) is 5.36. The van der Waals surface area contributed by atoms with Crippen LogP contribution in [0, 0.1) is 5.92 Å². The molecule has 110 valence electrons. The lowest BCUT2D eigenvalue weighted by molar-refractivity contribution is -0.126. The van der Waals surface area contributed by atoms with E-state index in [1.807, 2.05) is 6.08 Å². The molecule has 1 unspecified atom stereocenters. The molecule has 1 aliphatic rings. The topological polar surface area (TPSA) is 58.4 Å². The summed E-state index contributed by atoms with van der Waals surface area (Å²) in [6.45, 7) is 8.03. The van der Waals surface area contributed by atoms with Gasteiger partial charge in [0.1, 0.15) is 0 Å². The molecule has 1 rings (SSSR count). The van der Waals surface area contributed by atoms with Crippen LogP contribution in [0.15, 0.2) is 12.7 Å². The highest BCUT2D eigenvalue weighted by atomic mass is 16.1. The normalized spacial score (nSPS) is 20.2. The van der Waals surface area contributed by atoms with E-state index in [0.29, 0.717) is 13.1 Å². The Morgan fingerprint density at radius 1 is 1.42 bits per heavy atom. The molecule has 4 nitrogen and oxygen atoms in total. The van der Waals surface area contributed by atoms with E-state index in [2.05, 4.69) is 16.8 Å². The molecule has 1 amide bonds. The molecule has 0 radical (unpaired) electrons. The Bertz CT molecular complexity index is 268. The molecule has 0 aliphatic carbocycles. The lowest BCUT2D eigenvalue weighted by Crippen LogP contribution is -2.44. The minimum atomic E-state index is 0.161. The Hall–Kier alpha value is -0.870. The maximum Gasteiger partial charge on any atom is 0.224 e. The van der Waals surface area contributed by atoms with Crippen molar-refractivity contribution < 1.29 is 4.79 Å². The first-order valence-corrected chi connectivity index (χ1v) is 7.59. The molecule has 0 bridgehead atoms. The van der Waals surface area contributed by atoms with Crippen LogP contribution >= 0.6 is 0 Å². The number of carbonyl (C=O) groups excluding carboxylic acids is 1. The summed E-state index contributed by atoms with van der Waals surface area (Å²) >= 11 is 0. The van der Waals surface area contributed by atoms with E-state index < -0.39 is 0 Å². The number of allylic oxidation sites excluding steroid dienone is 1. The largest absolute Gasteiger partial charge is 0.355 e. The third-order valence-corrected chi connectivity index (χ3v) is 3.70. The van der Waals surface area contributed by atoms with Gasteiger partial charge in [0, 0.05) is 19.6 Å². The number of nitrogens with zero attached hydrogens (tertiary/aromatic N) is 1. The van der Waals surface area contributed by atoms with E-state index in [4.69, 9.17) is 5.73 Å². The average molecular weight is 267 g/mol. The van der Waals surface area contributed by atoms with E-state index in [-0.39, 0.29) is 11.8 Å². The van der Waals surface area contributed by atoms with Gasteiger partial charge in [0.05, 0.1) is 5.92 Å². The summed E-state index contributed by atoms with van der Waals surface area (Å²) in [6, 6.07) is 0. The van der Waals surface area contributed by atoms with Crippen LogP contribution in [-0.4, -0.2) is 43.5 Å². The SMILES string of the molecule is C=CCCCCCN1CCCC(C(=O)NCCN)C1. The van der Waals surface area contributed by atoms with Gasteiger partial charge in [-0.2, -0.15) is 0 Å². The van der Waals surface area contributed by atoms with Crippen molar-refractivity contribution >= 4 is 5.91 Å². The Morgan fingerprint density at radius 2 is 2.26 bits per heavy atom. The summed E-state index contributed by atoms with van der Waals surface area (Å²) in [5, 5.41) is 2.90. The van der Waals surface area contributed by atoms with Crippen LogP contribution in [-0.2, 0) is 4.79 Å². The predicted octanol–water partition coefficient (Wildman–Crippen LogP) is 1.52. The summed E-state index contributed by atoms with van der Waals surface area (Å²) in [5.74, 6) is 0.343. The van der Waals surface area contributed by atoms with E-state index in [9.17, 15) is 4.79 Å². The minimum Gasteiger partial charge on any atom is -0.355 e. The molecule has 1 heterocycles. The van der Waals surface area contributed by atoms with Crippen molar-refractivity contribution in [2.75, 3.05) is 32.7 Å². The van der Waals surface area contributed by atoms with E-state index in [0.717, 1.165) is 38.9 Å². The highest BCUT2D eigenvalue weighted by Gasteiger charge is 2.24. The van der Waals surface area contributed by atoms with Crippen molar-refractivity contribution in [1.82, 2.24) is 10.2 Å². The second-order valence-corrected chi connectivity index (χ2v) is 5.36. The summed E-state index contributed by atoms with van der Waals surface area (Å²) < 4.78 is 0. The van der Waals surface area contributed by atoms with E-state index in [1.54, 1.807) is 0 Å². The molecule has 0 spiro atoms. The van der Waals surface area contributed by atoms with Crippen LogP contribution in [0.1, 0.15) is 38.5 Å². The number of carbonyl (C=O) groups is 1. The van der Waals surface area contributed by atoms with E-state index >= 15 is 0 Å². The molecular formula is C15H29N3O. The number of amides is 1. The lowest BCUT2D eigenvalue weighted by Gasteiger charge is -2.32. The number of unbranched alkanes of at least 4 members (excludes halogenated alkanes) is 3. The van der Waals surface area contributed by atoms with Gasteiger partial charge >= 0.3 is 0 Å². The Labute approximate surface area is 117 Å². The average Bonchev–Trinajstić information content (AvgIpc) is 2.45. The van der Waals surface area contributed by atoms with Crippen LogP contribution in [0.25, 0.3) is 0 Å². The quantitative estimate of drug-likeness (QED) is 0.492. The van der Waals surface area contributed by atoms with Crippen molar-refractivity contribution in [2.45, 2.75) is 38.5 Å². The molecule has 3 N–H and O–H groups in total. The van der Waals surface area contributed by atoms with Gasteiger partial charge in [-0.25, -0.2) is 0 Å². The number of likely N-dealkylation sites (tertiary alicyclic amines) is 1. The minimum absolute atomic E-state index is 0.161. The second kappa shape index (κ2) is 9.98. The van der Waals surface area contributed by atoms with Crippen LogP contribution in [0.5, 0.6) is 0 Å². The maximum atomic E-state index is 11.9. The van der Waals surface area contributed by atoms with Gasteiger partial charge in [0.25, 0.3) is 0 Å². The number of rotatable bonds is 9. The number of piperidine rings is 1. The molecule has 0 saturated carbocycles. The molecule has 0 aromatic carbocycles.